The van der Waals surface area contributed by atoms with Gasteiger partial charge in [-0.2, -0.15) is 13.2 Å². The number of carbonyl (C=O) groups excluding carboxylic acids is 1. The van der Waals surface area contributed by atoms with Crippen LogP contribution in [0.4, 0.5) is 13.2 Å². The van der Waals surface area contributed by atoms with E-state index >= 15 is 0 Å². The number of aryl methyl sites for hydroxylation is 3. The van der Waals surface area contributed by atoms with Gasteiger partial charge >= 0.3 is 18.1 Å². The Kier molecular flexibility index (Phi) is 7.27. The van der Waals surface area contributed by atoms with E-state index < -0.39 is 23.7 Å². The van der Waals surface area contributed by atoms with Crippen LogP contribution in [0, 0.1) is 0 Å². The van der Waals surface area contributed by atoms with E-state index in [1.807, 2.05) is 0 Å². The van der Waals surface area contributed by atoms with Crippen molar-refractivity contribution in [1.82, 2.24) is 9.55 Å². The number of carboxylic acid groups (broad SMARTS) is 1. The molecule has 7 nitrogen and oxygen atoms in total. The predicted molar refractivity (Wildman–Crippen MR) is 141 cm³/mol. The van der Waals surface area contributed by atoms with E-state index in [4.69, 9.17) is 14.8 Å². The Morgan fingerprint density at radius 3 is 2.33 bits per heavy atom. The van der Waals surface area contributed by atoms with Gasteiger partial charge in [-0.1, -0.05) is 36.4 Å². The van der Waals surface area contributed by atoms with Crippen LogP contribution >= 0.6 is 0 Å². The first-order valence-electron chi connectivity index (χ1n) is 13.0. The zero-order valence-electron chi connectivity index (χ0n) is 21.7. The van der Waals surface area contributed by atoms with Crippen molar-refractivity contribution in [2.75, 3.05) is 6.61 Å². The molecule has 0 radical (unpaired) electrons. The molecule has 40 heavy (non-hydrogen) atoms. The van der Waals surface area contributed by atoms with Crippen molar-refractivity contribution in [3.05, 3.63) is 82.2 Å². The van der Waals surface area contributed by atoms with E-state index in [1.54, 1.807) is 35.8 Å². The van der Waals surface area contributed by atoms with E-state index in [0.29, 0.717) is 58.2 Å². The number of halogens is 3. The molecule has 0 atom stereocenters. The summed E-state index contributed by atoms with van der Waals surface area (Å²) in [5, 5.41) is 20.8. The summed E-state index contributed by atoms with van der Waals surface area (Å²) in [6.45, 7) is 2.38. The second-order valence-electron chi connectivity index (χ2n) is 9.74. The molecule has 1 aliphatic heterocycles. The van der Waals surface area contributed by atoms with E-state index in [0.717, 1.165) is 24.2 Å². The summed E-state index contributed by atoms with van der Waals surface area (Å²) in [6.07, 6.45) is -2.51. The fourth-order valence-electron chi connectivity index (χ4n) is 5.33. The molecule has 0 saturated heterocycles. The Morgan fingerprint density at radius 2 is 1.70 bits per heavy atom. The maximum atomic E-state index is 13.4. The van der Waals surface area contributed by atoms with Gasteiger partial charge in [-0.15, -0.1) is 0 Å². The first-order valence-corrected chi connectivity index (χ1v) is 13.0. The van der Waals surface area contributed by atoms with Gasteiger partial charge in [0.1, 0.15) is 0 Å². The van der Waals surface area contributed by atoms with Gasteiger partial charge in [-0.25, -0.2) is 9.78 Å². The molecule has 0 spiro atoms. The van der Waals surface area contributed by atoms with Gasteiger partial charge in [0.25, 0.3) is 0 Å². The molecule has 0 saturated carbocycles. The van der Waals surface area contributed by atoms with Crippen LogP contribution in [0.3, 0.4) is 0 Å². The zero-order valence-corrected chi connectivity index (χ0v) is 21.7. The monoisotopic (exact) mass is 552 g/mol. The molecule has 5 rings (SSSR count). The van der Waals surface area contributed by atoms with Crippen molar-refractivity contribution in [3.63, 3.8) is 0 Å². The molecule has 2 aromatic carbocycles. The lowest BCUT2D eigenvalue weighted by molar-refractivity contribution is -0.138. The number of aromatic hydroxyl groups is 1. The molecule has 0 fully saturated rings. The molecule has 0 unspecified atom stereocenters. The second-order valence-corrected chi connectivity index (χ2v) is 9.74. The van der Waals surface area contributed by atoms with Gasteiger partial charge in [-0.05, 0) is 61.4 Å². The highest BCUT2D eigenvalue weighted by atomic mass is 19.4. The van der Waals surface area contributed by atoms with Crippen LogP contribution in [0.2, 0.25) is 0 Å². The van der Waals surface area contributed by atoms with Crippen LogP contribution < -0.4 is 0 Å². The third-order valence-corrected chi connectivity index (χ3v) is 7.16. The number of aliphatic carboxylic acids is 1. The maximum Gasteiger partial charge on any atom is 0.416 e. The SMILES string of the molecule is CCOC(=O)c1c(CCc2ccc(C(F)(F)F)cc2)nc2c3n(c(O)c2c1-c1ccc(CC(=O)O)cc1)CCC3. The summed E-state index contributed by atoms with van der Waals surface area (Å²) in [4.78, 5) is 29.4. The molecule has 0 amide bonds. The number of rotatable bonds is 8. The van der Waals surface area contributed by atoms with Crippen molar-refractivity contribution in [3.8, 4) is 17.0 Å². The van der Waals surface area contributed by atoms with E-state index in [2.05, 4.69) is 0 Å². The highest BCUT2D eigenvalue weighted by Gasteiger charge is 2.32. The van der Waals surface area contributed by atoms with Crippen LogP contribution in [0.5, 0.6) is 5.88 Å². The van der Waals surface area contributed by atoms with E-state index in [9.17, 15) is 27.9 Å². The summed E-state index contributed by atoms with van der Waals surface area (Å²) in [7, 11) is 0. The van der Waals surface area contributed by atoms with E-state index in [1.165, 1.54) is 12.1 Å². The van der Waals surface area contributed by atoms with Crippen molar-refractivity contribution >= 4 is 22.8 Å². The number of hydrogen-bond donors (Lipinski definition) is 2. The molecule has 10 heteroatoms. The summed E-state index contributed by atoms with van der Waals surface area (Å²) in [5.41, 5.74) is 3.50. The number of fused-ring (bicyclic) bond motifs is 3. The number of benzene rings is 2. The number of ether oxygens (including phenoxy) is 1. The number of nitrogens with zero attached hydrogens (tertiary/aromatic N) is 2. The number of pyridine rings is 1. The van der Waals surface area contributed by atoms with Crippen LogP contribution in [-0.2, 0) is 47.9 Å². The smallest absolute Gasteiger partial charge is 0.416 e. The van der Waals surface area contributed by atoms with Crippen molar-refractivity contribution in [2.45, 2.75) is 51.7 Å². The number of carbonyl (C=O) groups is 2. The van der Waals surface area contributed by atoms with E-state index in [-0.39, 0.29) is 30.9 Å². The first kappa shape index (κ1) is 27.2. The minimum Gasteiger partial charge on any atom is -0.494 e. The van der Waals surface area contributed by atoms with Crippen LogP contribution in [-0.4, -0.2) is 38.3 Å². The van der Waals surface area contributed by atoms with Gasteiger partial charge in [0.05, 0.1) is 40.8 Å². The van der Waals surface area contributed by atoms with Crippen molar-refractivity contribution < 1.29 is 37.7 Å². The Labute approximate surface area is 227 Å². The van der Waals surface area contributed by atoms with Crippen molar-refractivity contribution in [1.29, 1.82) is 0 Å². The standard InChI is InChI=1S/C30H27F3N2O5/c1-2-40-29(39)25-21(14-9-17-7-12-20(13-8-17)30(31,32)33)34-27-22-4-3-15-35(22)28(38)26(27)24(25)19-10-5-18(6-11-19)16-23(36)37/h5-8,10-13,38H,2-4,9,14-16H2,1H3,(H,36,37). The number of esters is 1. The fraction of sp³-hybridized carbons (Fsp3) is 0.300. The number of alkyl halides is 3. The topological polar surface area (TPSA) is 102 Å². The average Bonchev–Trinajstić information content (AvgIpc) is 3.49. The average molecular weight is 553 g/mol. The lowest BCUT2D eigenvalue weighted by Crippen LogP contribution is -2.13. The Bertz CT molecular complexity index is 1590. The number of aromatic nitrogens is 2. The molecule has 3 heterocycles. The van der Waals surface area contributed by atoms with Crippen molar-refractivity contribution in [2.24, 2.45) is 0 Å². The number of hydrogen-bond acceptors (Lipinski definition) is 5. The third kappa shape index (κ3) is 5.13. The second kappa shape index (κ2) is 10.7. The molecule has 0 bridgehead atoms. The predicted octanol–water partition coefficient (Wildman–Crippen LogP) is 5.96. The van der Waals surface area contributed by atoms with Crippen LogP contribution in [0.25, 0.3) is 22.0 Å². The fourth-order valence-corrected chi connectivity index (χ4v) is 5.33. The normalized spacial score (nSPS) is 13.0. The first-order chi connectivity index (χ1) is 19.1. The highest BCUT2D eigenvalue weighted by Crippen LogP contribution is 2.44. The molecule has 4 aromatic rings. The lowest BCUT2D eigenvalue weighted by Gasteiger charge is -2.16. The summed E-state index contributed by atoms with van der Waals surface area (Å²) in [5.74, 6) is -1.60. The van der Waals surface area contributed by atoms with Gasteiger partial charge in [-0.3, -0.25) is 4.79 Å². The minimum absolute atomic E-state index is 0.000509. The van der Waals surface area contributed by atoms with Crippen LogP contribution in [0.1, 0.15) is 51.8 Å². The molecule has 0 aliphatic carbocycles. The minimum atomic E-state index is -4.44. The van der Waals surface area contributed by atoms with Gasteiger partial charge < -0.3 is 19.5 Å². The Morgan fingerprint density at radius 1 is 1.02 bits per heavy atom. The van der Waals surface area contributed by atoms with Gasteiger partial charge in [0.2, 0.25) is 5.88 Å². The third-order valence-electron chi connectivity index (χ3n) is 7.16. The highest BCUT2D eigenvalue weighted by molar-refractivity contribution is 6.10. The summed E-state index contributed by atoms with van der Waals surface area (Å²) >= 11 is 0. The molecular weight excluding hydrogens is 525 g/mol. The lowest BCUT2D eigenvalue weighted by atomic mass is 9.92. The van der Waals surface area contributed by atoms with Gasteiger partial charge in [0.15, 0.2) is 0 Å². The maximum absolute atomic E-state index is 13.4. The summed E-state index contributed by atoms with van der Waals surface area (Å²) < 4.78 is 46.3. The van der Waals surface area contributed by atoms with Gasteiger partial charge in [0, 0.05) is 17.8 Å². The molecule has 1 aliphatic rings. The zero-order chi connectivity index (χ0) is 28.6. The Hall–Kier alpha value is -4.34. The van der Waals surface area contributed by atoms with Crippen LogP contribution in [0.15, 0.2) is 48.5 Å². The molecule has 2 N–H and O–H groups in total. The molecular formula is C30H27F3N2O5. The quantitative estimate of drug-likeness (QED) is 0.262. The Balaban J connectivity index is 1.66. The number of carboxylic acids is 1. The molecule has 2 aromatic heterocycles. The summed E-state index contributed by atoms with van der Waals surface area (Å²) in [6, 6.07) is 11.6. The molecule has 208 valence electrons. The largest absolute Gasteiger partial charge is 0.494 e.